The summed E-state index contributed by atoms with van der Waals surface area (Å²) in [6.07, 6.45) is 5.83. The molecule has 28 heavy (non-hydrogen) atoms. The maximum absolute atomic E-state index is 5.37. The summed E-state index contributed by atoms with van der Waals surface area (Å²) in [6.45, 7) is 2.75. The van der Waals surface area contributed by atoms with Crippen molar-refractivity contribution in [1.29, 1.82) is 0 Å². The average Bonchev–Trinajstić information content (AvgIpc) is 3.30. The SMILES string of the molecule is COc1ncccc1-c1cc2cn(Cc3nc4ccc(C)cc4[nH]3)ccc-2n1. The number of aromatic amines is 1. The zero-order chi connectivity index (χ0) is 19.1. The summed E-state index contributed by atoms with van der Waals surface area (Å²) in [4.78, 5) is 17.1. The highest BCUT2D eigenvalue weighted by Crippen LogP contribution is 2.32. The van der Waals surface area contributed by atoms with Crippen molar-refractivity contribution in [2.24, 2.45) is 0 Å². The van der Waals surface area contributed by atoms with Gasteiger partial charge in [0.2, 0.25) is 5.88 Å². The molecule has 0 spiro atoms. The molecule has 5 rings (SSSR count). The van der Waals surface area contributed by atoms with Crippen LogP contribution < -0.4 is 4.74 Å². The molecule has 2 aliphatic heterocycles. The van der Waals surface area contributed by atoms with E-state index in [9.17, 15) is 0 Å². The highest BCUT2D eigenvalue weighted by atomic mass is 16.5. The number of hydrogen-bond acceptors (Lipinski definition) is 4. The normalized spacial score (nSPS) is 11.4. The molecule has 0 aliphatic carbocycles. The first-order chi connectivity index (χ1) is 13.7. The highest BCUT2D eigenvalue weighted by molar-refractivity contribution is 5.76. The van der Waals surface area contributed by atoms with Crippen LogP contribution in [0.5, 0.6) is 5.88 Å². The Morgan fingerprint density at radius 1 is 1.07 bits per heavy atom. The van der Waals surface area contributed by atoms with Crippen molar-refractivity contribution in [3.8, 4) is 28.4 Å². The van der Waals surface area contributed by atoms with Gasteiger partial charge in [0.1, 0.15) is 5.82 Å². The van der Waals surface area contributed by atoms with Gasteiger partial charge in [-0.3, -0.25) is 0 Å². The van der Waals surface area contributed by atoms with Crippen LogP contribution in [0.3, 0.4) is 0 Å². The van der Waals surface area contributed by atoms with Gasteiger partial charge in [0.05, 0.1) is 41.6 Å². The van der Waals surface area contributed by atoms with Gasteiger partial charge >= 0.3 is 0 Å². The van der Waals surface area contributed by atoms with Crippen LogP contribution >= 0.6 is 0 Å². The van der Waals surface area contributed by atoms with Crippen LogP contribution in [0.1, 0.15) is 11.4 Å². The maximum atomic E-state index is 5.37. The van der Waals surface area contributed by atoms with Crippen molar-refractivity contribution < 1.29 is 4.74 Å². The fraction of sp³-hybridized carbons (Fsp3) is 0.136. The number of aryl methyl sites for hydroxylation is 1. The molecular formula is C22H19N5O. The fourth-order valence-corrected chi connectivity index (χ4v) is 3.48. The molecule has 1 aromatic carbocycles. The molecule has 3 aromatic rings. The number of nitrogens with zero attached hydrogens (tertiary/aromatic N) is 4. The number of aromatic nitrogens is 5. The second-order valence-electron chi connectivity index (χ2n) is 6.86. The molecule has 0 unspecified atom stereocenters. The first-order valence-corrected chi connectivity index (χ1v) is 9.11. The van der Waals surface area contributed by atoms with Crippen molar-refractivity contribution in [3.63, 3.8) is 0 Å². The molecule has 0 radical (unpaired) electrons. The molecule has 0 saturated carbocycles. The second kappa shape index (κ2) is 6.49. The summed E-state index contributed by atoms with van der Waals surface area (Å²) < 4.78 is 7.48. The number of imidazole rings is 1. The lowest BCUT2D eigenvalue weighted by Gasteiger charge is -2.06. The summed E-state index contributed by atoms with van der Waals surface area (Å²) in [5, 5.41) is 0. The molecule has 1 N–H and O–H groups in total. The van der Waals surface area contributed by atoms with Crippen molar-refractivity contribution in [3.05, 3.63) is 72.4 Å². The van der Waals surface area contributed by atoms with E-state index in [1.165, 1.54) is 5.56 Å². The van der Waals surface area contributed by atoms with Crippen LogP contribution in [-0.2, 0) is 6.54 Å². The standard InChI is InChI=1S/C22H19N5O/c1-14-5-6-18-20(10-14)26-21(25-18)13-27-9-7-17-15(12-27)11-19(24-17)16-4-3-8-23-22(16)28-2/h3-12H,13H2,1-2H3,(H,25,26). The van der Waals surface area contributed by atoms with Gasteiger partial charge in [-0.2, -0.15) is 0 Å². The Bertz CT molecular complexity index is 1250. The van der Waals surface area contributed by atoms with Crippen LogP contribution in [0.2, 0.25) is 0 Å². The minimum Gasteiger partial charge on any atom is -0.481 e. The van der Waals surface area contributed by atoms with Crippen molar-refractivity contribution in [2.75, 3.05) is 7.11 Å². The highest BCUT2D eigenvalue weighted by Gasteiger charge is 2.14. The molecule has 0 atom stereocenters. The van der Waals surface area contributed by atoms with Crippen LogP contribution in [0.25, 0.3) is 33.5 Å². The van der Waals surface area contributed by atoms with Crippen molar-refractivity contribution >= 4 is 11.0 Å². The van der Waals surface area contributed by atoms with Gasteiger partial charge in [-0.1, -0.05) is 6.07 Å². The van der Waals surface area contributed by atoms with Crippen LogP contribution in [0.4, 0.5) is 0 Å². The molecule has 138 valence electrons. The van der Waals surface area contributed by atoms with E-state index in [-0.39, 0.29) is 0 Å². The Hall–Kier alpha value is -3.67. The average molecular weight is 369 g/mol. The minimum atomic E-state index is 0.579. The number of methoxy groups -OCH3 is 1. The van der Waals surface area contributed by atoms with Gasteiger partial charge in [0.25, 0.3) is 0 Å². The smallest absolute Gasteiger partial charge is 0.222 e. The lowest BCUT2D eigenvalue weighted by molar-refractivity contribution is 0.399. The minimum absolute atomic E-state index is 0.579. The predicted octanol–water partition coefficient (Wildman–Crippen LogP) is 4.29. The van der Waals surface area contributed by atoms with Gasteiger partial charge in [-0.15, -0.1) is 0 Å². The lowest BCUT2D eigenvalue weighted by atomic mass is 10.2. The number of fused-ring (bicyclic) bond motifs is 2. The third kappa shape index (κ3) is 2.89. The number of H-pyrrole nitrogens is 1. The molecule has 0 bridgehead atoms. The summed E-state index contributed by atoms with van der Waals surface area (Å²) >= 11 is 0. The number of nitrogens with one attached hydrogen (secondary N) is 1. The van der Waals surface area contributed by atoms with Crippen LogP contribution in [-0.4, -0.2) is 31.6 Å². The molecule has 4 heterocycles. The number of benzene rings is 1. The first-order valence-electron chi connectivity index (χ1n) is 9.11. The van der Waals surface area contributed by atoms with Gasteiger partial charge in [0.15, 0.2) is 0 Å². The molecule has 0 saturated heterocycles. The van der Waals surface area contributed by atoms with E-state index in [1.807, 2.05) is 30.5 Å². The molecule has 2 aromatic heterocycles. The van der Waals surface area contributed by atoms with Crippen LogP contribution in [0.15, 0.2) is 61.1 Å². The van der Waals surface area contributed by atoms with Gasteiger partial charge < -0.3 is 14.3 Å². The van der Waals surface area contributed by atoms with Gasteiger partial charge in [-0.05, 0) is 48.9 Å². The van der Waals surface area contributed by atoms with E-state index in [0.717, 1.165) is 39.4 Å². The summed E-state index contributed by atoms with van der Waals surface area (Å²) in [5.74, 6) is 1.51. The van der Waals surface area contributed by atoms with Crippen molar-refractivity contribution in [1.82, 2.24) is 24.5 Å². The Kier molecular flexibility index (Phi) is 3.83. The Morgan fingerprint density at radius 2 is 2.00 bits per heavy atom. The lowest BCUT2D eigenvalue weighted by Crippen LogP contribution is -2.02. The topological polar surface area (TPSA) is 68.6 Å². The van der Waals surface area contributed by atoms with Gasteiger partial charge in [0, 0.05) is 24.2 Å². The number of rotatable bonds is 4. The summed E-state index contributed by atoms with van der Waals surface area (Å²) in [5.41, 5.74) is 7.03. The van der Waals surface area contributed by atoms with E-state index < -0.39 is 0 Å². The van der Waals surface area contributed by atoms with Crippen molar-refractivity contribution in [2.45, 2.75) is 13.5 Å². The molecule has 0 amide bonds. The largest absolute Gasteiger partial charge is 0.481 e. The Balaban J connectivity index is 1.48. The Morgan fingerprint density at radius 3 is 2.89 bits per heavy atom. The molecule has 0 fully saturated rings. The third-order valence-corrected chi connectivity index (χ3v) is 4.82. The monoisotopic (exact) mass is 369 g/mol. The maximum Gasteiger partial charge on any atom is 0.222 e. The molecule has 2 aliphatic rings. The first kappa shape index (κ1) is 16.5. The predicted molar refractivity (Wildman–Crippen MR) is 109 cm³/mol. The third-order valence-electron chi connectivity index (χ3n) is 4.82. The number of pyridine rings is 2. The number of ether oxygens (including phenoxy) is 1. The summed E-state index contributed by atoms with van der Waals surface area (Å²) in [7, 11) is 1.62. The molecule has 6 nitrogen and oxygen atoms in total. The quantitative estimate of drug-likeness (QED) is 0.513. The van der Waals surface area contributed by atoms with E-state index >= 15 is 0 Å². The van der Waals surface area contributed by atoms with E-state index in [4.69, 9.17) is 9.72 Å². The Labute approximate surface area is 162 Å². The molecular weight excluding hydrogens is 350 g/mol. The van der Waals surface area contributed by atoms with Gasteiger partial charge in [-0.25, -0.2) is 15.0 Å². The van der Waals surface area contributed by atoms with E-state index in [0.29, 0.717) is 12.4 Å². The van der Waals surface area contributed by atoms with E-state index in [1.54, 1.807) is 13.3 Å². The fourth-order valence-electron chi connectivity index (χ4n) is 3.48. The summed E-state index contributed by atoms with van der Waals surface area (Å²) in [6, 6.07) is 14.2. The number of hydrogen-bond donors (Lipinski definition) is 1. The second-order valence-corrected chi connectivity index (χ2v) is 6.86. The zero-order valence-electron chi connectivity index (χ0n) is 15.7. The van der Waals surface area contributed by atoms with Crippen LogP contribution in [0, 0.1) is 6.92 Å². The molecule has 6 heteroatoms. The van der Waals surface area contributed by atoms with E-state index in [2.05, 4.69) is 50.8 Å². The zero-order valence-corrected chi connectivity index (χ0v) is 15.7.